The lowest BCUT2D eigenvalue weighted by Gasteiger charge is -2.17. The fourth-order valence-electron chi connectivity index (χ4n) is 2.43. The zero-order valence-electron chi connectivity index (χ0n) is 14.2. The fourth-order valence-corrected chi connectivity index (χ4v) is 2.65. The normalized spacial score (nSPS) is 13.3. The molecule has 0 saturated heterocycles. The van der Waals surface area contributed by atoms with E-state index < -0.39 is 25.1 Å². The summed E-state index contributed by atoms with van der Waals surface area (Å²) in [6, 6.07) is 1.13. The smallest absolute Gasteiger partial charge is 0.391 e. The van der Waals surface area contributed by atoms with E-state index in [-0.39, 0.29) is 22.3 Å². The Morgan fingerprint density at radius 1 is 1.31 bits per heavy atom. The van der Waals surface area contributed by atoms with Gasteiger partial charge in [-0.3, -0.25) is 4.57 Å². The van der Waals surface area contributed by atoms with Crippen LogP contribution in [0.25, 0.3) is 5.82 Å². The SMILES string of the molecule is CCc1nc(C)c(Cl)n1-c1ncc(C[C@@H](C)C(F)(F)F)cc1OC(F)F. The van der Waals surface area contributed by atoms with E-state index in [1.807, 2.05) is 0 Å². The minimum absolute atomic E-state index is 0.0452. The summed E-state index contributed by atoms with van der Waals surface area (Å²) in [6.45, 7) is 1.28. The Labute approximate surface area is 152 Å². The van der Waals surface area contributed by atoms with E-state index in [9.17, 15) is 22.0 Å². The quantitative estimate of drug-likeness (QED) is 0.634. The highest BCUT2D eigenvalue weighted by Gasteiger charge is 2.36. The number of alkyl halides is 5. The summed E-state index contributed by atoms with van der Waals surface area (Å²) in [4.78, 5) is 8.26. The molecule has 0 N–H and O–H groups in total. The number of aromatic nitrogens is 3. The minimum atomic E-state index is -4.40. The number of pyridine rings is 1. The van der Waals surface area contributed by atoms with Crippen molar-refractivity contribution in [1.82, 2.24) is 14.5 Å². The van der Waals surface area contributed by atoms with Gasteiger partial charge in [0.15, 0.2) is 11.6 Å². The third-order valence-electron chi connectivity index (χ3n) is 3.78. The van der Waals surface area contributed by atoms with Gasteiger partial charge in [0, 0.05) is 12.6 Å². The van der Waals surface area contributed by atoms with E-state index in [0.717, 1.165) is 13.0 Å². The van der Waals surface area contributed by atoms with Crippen LogP contribution in [0.1, 0.15) is 30.9 Å². The molecule has 0 unspecified atom stereocenters. The van der Waals surface area contributed by atoms with E-state index in [1.165, 1.54) is 10.8 Å². The molecule has 0 bridgehead atoms. The molecule has 4 nitrogen and oxygen atoms in total. The molecule has 2 heterocycles. The molecular weight excluding hydrogens is 381 g/mol. The highest BCUT2D eigenvalue weighted by molar-refractivity contribution is 6.30. The molecule has 2 aromatic rings. The summed E-state index contributed by atoms with van der Waals surface area (Å²) in [7, 11) is 0. The predicted molar refractivity (Wildman–Crippen MR) is 86.0 cm³/mol. The van der Waals surface area contributed by atoms with Crippen LogP contribution in [0.4, 0.5) is 22.0 Å². The van der Waals surface area contributed by atoms with Crippen LogP contribution in [-0.4, -0.2) is 27.3 Å². The Morgan fingerprint density at radius 2 is 1.96 bits per heavy atom. The van der Waals surface area contributed by atoms with Gasteiger partial charge in [-0.1, -0.05) is 25.4 Å². The van der Waals surface area contributed by atoms with Crippen LogP contribution < -0.4 is 4.74 Å². The molecule has 0 saturated carbocycles. The van der Waals surface area contributed by atoms with Gasteiger partial charge in [-0.25, -0.2) is 9.97 Å². The molecule has 0 aliphatic heterocycles. The second-order valence-electron chi connectivity index (χ2n) is 5.78. The Morgan fingerprint density at radius 3 is 2.50 bits per heavy atom. The van der Waals surface area contributed by atoms with Gasteiger partial charge >= 0.3 is 12.8 Å². The number of halogens is 6. The zero-order valence-corrected chi connectivity index (χ0v) is 15.0. The summed E-state index contributed by atoms with van der Waals surface area (Å²) >= 11 is 6.19. The van der Waals surface area contributed by atoms with Gasteiger partial charge in [-0.2, -0.15) is 22.0 Å². The van der Waals surface area contributed by atoms with Crippen molar-refractivity contribution < 1.29 is 26.7 Å². The van der Waals surface area contributed by atoms with Gasteiger partial charge in [-0.15, -0.1) is 0 Å². The van der Waals surface area contributed by atoms with Crippen LogP contribution in [0.3, 0.4) is 0 Å². The molecule has 10 heteroatoms. The fraction of sp³-hybridized carbons (Fsp3) is 0.500. The topological polar surface area (TPSA) is 39.9 Å². The van der Waals surface area contributed by atoms with E-state index in [2.05, 4.69) is 14.7 Å². The second kappa shape index (κ2) is 7.77. The van der Waals surface area contributed by atoms with E-state index >= 15 is 0 Å². The molecule has 1 atom stereocenters. The Balaban J connectivity index is 2.51. The number of hydrogen-bond acceptors (Lipinski definition) is 3. The van der Waals surface area contributed by atoms with Crippen molar-refractivity contribution in [2.75, 3.05) is 0 Å². The van der Waals surface area contributed by atoms with Gasteiger partial charge in [-0.05, 0) is 25.0 Å². The molecule has 2 aromatic heterocycles. The number of nitrogens with zero attached hydrogens (tertiary/aromatic N) is 3. The van der Waals surface area contributed by atoms with Crippen molar-refractivity contribution in [3.05, 3.63) is 34.5 Å². The van der Waals surface area contributed by atoms with E-state index in [0.29, 0.717) is 17.9 Å². The number of ether oxygens (including phenoxy) is 1. The molecule has 26 heavy (non-hydrogen) atoms. The maximum atomic E-state index is 12.8. The lowest BCUT2D eigenvalue weighted by atomic mass is 10.0. The third-order valence-corrected chi connectivity index (χ3v) is 4.23. The van der Waals surface area contributed by atoms with Gasteiger partial charge in [0.1, 0.15) is 11.0 Å². The van der Waals surface area contributed by atoms with Crippen LogP contribution in [0.2, 0.25) is 5.15 Å². The predicted octanol–water partition coefficient (Wildman–Crippen LogP) is 5.13. The van der Waals surface area contributed by atoms with Crippen molar-refractivity contribution in [2.24, 2.45) is 5.92 Å². The molecule has 0 aliphatic rings. The summed E-state index contributed by atoms with van der Waals surface area (Å²) in [5.41, 5.74) is 0.600. The maximum Gasteiger partial charge on any atom is 0.391 e. The molecule has 0 fully saturated rings. The number of hydrogen-bond donors (Lipinski definition) is 0. The van der Waals surface area contributed by atoms with Crippen molar-refractivity contribution in [3.8, 4) is 11.6 Å². The minimum Gasteiger partial charge on any atom is -0.431 e. The van der Waals surface area contributed by atoms with Crippen molar-refractivity contribution >= 4 is 11.6 Å². The molecular formula is C16H17ClF5N3O. The Kier molecular flexibility index (Phi) is 6.10. The molecule has 144 valence electrons. The molecule has 0 aliphatic carbocycles. The van der Waals surface area contributed by atoms with Crippen LogP contribution in [0.5, 0.6) is 5.75 Å². The van der Waals surface area contributed by atoms with Gasteiger partial charge in [0.25, 0.3) is 0 Å². The van der Waals surface area contributed by atoms with Gasteiger partial charge in [0.05, 0.1) is 11.6 Å². The van der Waals surface area contributed by atoms with Crippen molar-refractivity contribution in [2.45, 2.75) is 46.4 Å². The summed E-state index contributed by atoms with van der Waals surface area (Å²) in [6.07, 6.45) is -3.17. The first-order valence-corrected chi connectivity index (χ1v) is 8.16. The standard InChI is InChI=1S/C16H17ClF5N3O/c1-4-12-24-9(3)13(17)25(12)14-11(26-15(18)19)6-10(7-23-14)5-8(2)16(20,21)22/h6-8,15H,4-5H2,1-3H3/t8-/m1/s1. The van der Waals surface area contributed by atoms with Crippen LogP contribution in [0, 0.1) is 12.8 Å². The molecule has 0 radical (unpaired) electrons. The van der Waals surface area contributed by atoms with Crippen LogP contribution in [-0.2, 0) is 12.8 Å². The van der Waals surface area contributed by atoms with Gasteiger partial charge in [0.2, 0.25) is 0 Å². The van der Waals surface area contributed by atoms with Crippen molar-refractivity contribution in [3.63, 3.8) is 0 Å². The first-order chi connectivity index (χ1) is 12.0. The first-order valence-electron chi connectivity index (χ1n) is 7.79. The third kappa shape index (κ3) is 4.44. The molecule has 0 spiro atoms. The van der Waals surface area contributed by atoms with Crippen molar-refractivity contribution in [1.29, 1.82) is 0 Å². The Hall–Kier alpha value is -1.90. The second-order valence-corrected chi connectivity index (χ2v) is 6.14. The molecule has 0 aromatic carbocycles. The molecule has 0 amide bonds. The average molecular weight is 398 g/mol. The zero-order chi connectivity index (χ0) is 19.6. The summed E-state index contributed by atoms with van der Waals surface area (Å²) in [5, 5.41) is 0.171. The van der Waals surface area contributed by atoms with E-state index in [4.69, 9.17) is 11.6 Å². The van der Waals surface area contributed by atoms with Gasteiger partial charge < -0.3 is 4.74 Å². The largest absolute Gasteiger partial charge is 0.431 e. The number of imidazole rings is 1. The first kappa shape index (κ1) is 20.4. The summed E-state index contributed by atoms with van der Waals surface area (Å²) in [5.74, 6) is -1.59. The van der Waals surface area contributed by atoms with Crippen LogP contribution >= 0.6 is 11.6 Å². The Bertz CT molecular complexity index is 776. The highest BCUT2D eigenvalue weighted by Crippen LogP contribution is 2.33. The number of rotatable bonds is 6. The highest BCUT2D eigenvalue weighted by atomic mass is 35.5. The van der Waals surface area contributed by atoms with Crippen LogP contribution in [0.15, 0.2) is 12.3 Å². The molecule has 2 rings (SSSR count). The number of aryl methyl sites for hydroxylation is 2. The lowest BCUT2D eigenvalue weighted by molar-refractivity contribution is -0.169. The van der Waals surface area contributed by atoms with E-state index in [1.54, 1.807) is 13.8 Å². The maximum absolute atomic E-state index is 12.8. The summed E-state index contributed by atoms with van der Waals surface area (Å²) < 4.78 is 69.7. The monoisotopic (exact) mass is 397 g/mol. The average Bonchev–Trinajstić information content (AvgIpc) is 2.81. The lowest BCUT2D eigenvalue weighted by Crippen LogP contribution is -2.22.